The summed E-state index contributed by atoms with van der Waals surface area (Å²) in [7, 11) is 0. The molecule has 1 aliphatic heterocycles. The van der Waals surface area contributed by atoms with E-state index < -0.39 is 0 Å². The molecule has 1 atom stereocenters. The Morgan fingerprint density at radius 3 is 2.95 bits per heavy atom. The van der Waals surface area contributed by atoms with Crippen LogP contribution >= 0.6 is 0 Å². The fraction of sp³-hybridized carbons (Fsp3) is 0.611. The molecule has 1 fully saturated rings. The zero-order chi connectivity index (χ0) is 15.2. The summed E-state index contributed by atoms with van der Waals surface area (Å²) in [5.74, 6) is 0.725. The lowest BCUT2D eigenvalue weighted by molar-refractivity contribution is -0.0163. The second-order valence-corrected chi connectivity index (χ2v) is 6.32. The van der Waals surface area contributed by atoms with E-state index in [0.717, 1.165) is 38.0 Å². The number of nitrogens with zero attached hydrogens (tertiary/aromatic N) is 1. The molecule has 2 rings (SSSR count). The lowest BCUT2D eigenvalue weighted by atomic mass is 9.98. The number of benzene rings is 1. The number of carbonyl (C=O) groups excluding carboxylic acids is 1. The van der Waals surface area contributed by atoms with E-state index >= 15 is 0 Å². The van der Waals surface area contributed by atoms with Crippen LogP contribution < -0.4 is 0 Å². The van der Waals surface area contributed by atoms with Crippen molar-refractivity contribution in [3.05, 3.63) is 35.4 Å². The maximum absolute atomic E-state index is 12.6. The summed E-state index contributed by atoms with van der Waals surface area (Å²) in [4.78, 5) is 15.0. The van der Waals surface area contributed by atoms with Gasteiger partial charge in [0.25, 0.3) is 0 Å². The van der Waals surface area contributed by atoms with E-state index in [9.17, 15) is 4.79 Å². The summed E-state index contributed by atoms with van der Waals surface area (Å²) < 4.78 is 5.70. The lowest BCUT2D eigenvalue weighted by Crippen LogP contribution is -2.46. The molecule has 0 bridgehead atoms. The third kappa shape index (κ3) is 4.65. The Hall–Kier alpha value is -1.19. The van der Waals surface area contributed by atoms with Crippen LogP contribution in [0, 0.1) is 5.92 Å². The summed E-state index contributed by atoms with van der Waals surface area (Å²) in [5.41, 5.74) is 2.02. The molecule has 0 amide bonds. The molecule has 3 heteroatoms. The predicted molar refractivity (Wildman–Crippen MR) is 85.8 cm³/mol. The first-order valence-electron chi connectivity index (χ1n) is 8.07. The highest BCUT2D eigenvalue weighted by Crippen LogP contribution is 2.15. The maximum Gasteiger partial charge on any atom is 0.192 e. The quantitative estimate of drug-likeness (QED) is 0.753. The predicted octanol–water partition coefficient (Wildman–Crippen LogP) is 3.18. The number of rotatable bonds is 6. The van der Waals surface area contributed by atoms with Crippen molar-refractivity contribution in [3.8, 4) is 0 Å². The number of ketones is 1. The van der Waals surface area contributed by atoms with Gasteiger partial charge in [-0.15, -0.1) is 0 Å². The molecule has 1 unspecified atom stereocenters. The minimum Gasteiger partial charge on any atom is -0.367 e. The summed E-state index contributed by atoms with van der Waals surface area (Å²) in [6, 6.07) is 8.03. The Balaban J connectivity index is 2.05. The van der Waals surface area contributed by atoms with Gasteiger partial charge in [-0.3, -0.25) is 9.69 Å². The number of hydrogen-bond donors (Lipinski definition) is 0. The highest BCUT2D eigenvalue weighted by Gasteiger charge is 2.27. The van der Waals surface area contributed by atoms with Crippen molar-refractivity contribution in [1.82, 2.24) is 4.90 Å². The molecule has 116 valence electrons. The molecule has 0 N–H and O–H groups in total. The Morgan fingerprint density at radius 2 is 2.24 bits per heavy atom. The van der Waals surface area contributed by atoms with Gasteiger partial charge in [-0.1, -0.05) is 39.0 Å². The monoisotopic (exact) mass is 289 g/mol. The third-order valence-electron chi connectivity index (χ3n) is 3.84. The van der Waals surface area contributed by atoms with Gasteiger partial charge < -0.3 is 4.74 Å². The highest BCUT2D eigenvalue weighted by molar-refractivity contribution is 5.99. The van der Waals surface area contributed by atoms with Crippen LogP contribution in [0.1, 0.15) is 43.1 Å². The van der Waals surface area contributed by atoms with E-state index in [1.807, 2.05) is 18.2 Å². The minimum absolute atomic E-state index is 0.126. The van der Waals surface area contributed by atoms with E-state index in [4.69, 9.17) is 4.74 Å². The summed E-state index contributed by atoms with van der Waals surface area (Å²) >= 11 is 0. The maximum atomic E-state index is 12.6. The normalized spacial score (nSPS) is 19.9. The molecule has 21 heavy (non-hydrogen) atoms. The van der Waals surface area contributed by atoms with Crippen LogP contribution in [-0.2, 0) is 11.2 Å². The van der Waals surface area contributed by atoms with Crippen LogP contribution in [0.2, 0.25) is 0 Å². The Bertz CT molecular complexity index is 468. The van der Waals surface area contributed by atoms with E-state index in [1.54, 1.807) is 0 Å². The van der Waals surface area contributed by atoms with Crippen LogP contribution in [0.15, 0.2) is 24.3 Å². The van der Waals surface area contributed by atoms with Crippen molar-refractivity contribution >= 4 is 5.78 Å². The van der Waals surface area contributed by atoms with Gasteiger partial charge in [0.15, 0.2) is 5.78 Å². The first-order chi connectivity index (χ1) is 10.1. The summed E-state index contributed by atoms with van der Waals surface area (Å²) in [6.07, 6.45) is 1.82. The molecule has 0 radical (unpaired) electrons. The van der Waals surface area contributed by atoms with Gasteiger partial charge in [-0.25, -0.2) is 0 Å². The zero-order valence-electron chi connectivity index (χ0n) is 13.5. The second-order valence-electron chi connectivity index (χ2n) is 6.32. The zero-order valence-corrected chi connectivity index (χ0v) is 13.5. The molecule has 1 aromatic carbocycles. The molecule has 1 saturated heterocycles. The van der Waals surface area contributed by atoms with Crippen molar-refractivity contribution in [3.63, 3.8) is 0 Å². The van der Waals surface area contributed by atoms with Crippen LogP contribution in [-0.4, -0.2) is 43.0 Å². The van der Waals surface area contributed by atoms with Crippen molar-refractivity contribution in [2.45, 2.75) is 39.7 Å². The number of Topliss-reactive ketones (excluding diaryl/α,β-unsaturated/α-hetero) is 1. The fourth-order valence-corrected chi connectivity index (χ4v) is 2.89. The van der Waals surface area contributed by atoms with Crippen molar-refractivity contribution in [2.75, 3.05) is 26.2 Å². The number of morpholine rings is 1. The smallest absolute Gasteiger partial charge is 0.192 e. The standard InChI is InChI=1S/C18H27NO2/c1-4-8-19-9-10-21-17(13-19)18(20)16-7-5-6-15(12-16)11-14(2)3/h5-7,12,14,17H,4,8-11,13H2,1-3H3. The number of carbonyl (C=O) groups is 1. The SMILES string of the molecule is CCCN1CCOC(C(=O)c2cccc(CC(C)C)c2)C1. The number of hydrogen-bond acceptors (Lipinski definition) is 3. The first kappa shape index (κ1) is 16.2. The van der Waals surface area contributed by atoms with E-state index in [2.05, 4.69) is 31.7 Å². The average molecular weight is 289 g/mol. The fourth-order valence-electron chi connectivity index (χ4n) is 2.89. The van der Waals surface area contributed by atoms with E-state index in [-0.39, 0.29) is 11.9 Å². The topological polar surface area (TPSA) is 29.5 Å². The largest absolute Gasteiger partial charge is 0.367 e. The van der Waals surface area contributed by atoms with Crippen LogP contribution in [0.25, 0.3) is 0 Å². The average Bonchev–Trinajstić information content (AvgIpc) is 2.47. The van der Waals surface area contributed by atoms with Crippen molar-refractivity contribution in [2.24, 2.45) is 5.92 Å². The molecule has 1 aromatic rings. The molecule has 0 spiro atoms. The van der Waals surface area contributed by atoms with Crippen LogP contribution in [0.4, 0.5) is 0 Å². The van der Waals surface area contributed by atoms with Gasteiger partial charge in [0.05, 0.1) is 6.61 Å². The van der Waals surface area contributed by atoms with Gasteiger partial charge in [-0.05, 0) is 36.9 Å². The summed E-state index contributed by atoms with van der Waals surface area (Å²) in [5, 5.41) is 0. The van der Waals surface area contributed by atoms with Gasteiger partial charge in [-0.2, -0.15) is 0 Å². The molecule has 1 heterocycles. The van der Waals surface area contributed by atoms with Crippen LogP contribution in [0.5, 0.6) is 0 Å². The summed E-state index contributed by atoms with van der Waals surface area (Å²) in [6.45, 7) is 9.92. The molecular formula is C18H27NO2. The first-order valence-corrected chi connectivity index (χ1v) is 8.07. The molecule has 3 nitrogen and oxygen atoms in total. The Kier molecular flexibility index (Phi) is 5.95. The number of ether oxygens (including phenoxy) is 1. The lowest BCUT2D eigenvalue weighted by Gasteiger charge is -2.31. The van der Waals surface area contributed by atoms with Gasteiger partial charge in [0.2, 0.25) is 0 Å². The molecular weight excluding hydrogens is 262 g/mol. The minimum atomic E-state index is -0.306. The van der Waals surface area contributed by atoms with Crippen molar-refractivity contribution < 1.29 is 9.53 Å². The van der Waals surface area contributed by atoms with Crippen molar-refractivity contribution in [1.29, 1.82) is 0 Å². The molecule has 0 saturated carbocycles. The third-order valence-corrected chi connectivity index (χ3v) is 3.84. The van der Waals surface area contributed by atoms with Gasteiger partial charge >= 0.3 is 0 Å². The van der Waals surface area contributed by atoms with E-state index in [1.165, 1.54) is 5.56 Å². The second kappa shape index (κ2) is 7.71. The van der Waals surface area contributed by atoms with E-state index in [0.29, 0.717) is 12.5 Å². The molecule has 0 aromatic heterocycles. The van der Waals surface area contributed by atoms with Gasteiger partial charge in [0, 0.05) is 18.7 Å². The van der Waals surface area contributed by atoms with Crippen LogP contribution in [0.3, 0.4) is 0 Å². The van der Waals surface area contributed by atoms with Gasteiger partial charge in [0.1, 0.15) is 6.10 Å². The Labute approximate surface area is 128 Å². The highest BCUT2D eigenvalue weighted by atomic mass is 16.5. The molecule has 0 aliphatic carbocycles. The molecule has 1 aliphatic rings. The Morgan fingerprint density at radius 1 is 1.43 bits per heavy atom.